The van der Waals surface area contributed by atoms with Gasteiger partial charge in [-0.25, -0.2) is 0 Å². The van der Waals surface area contributed by atoms with Crippen LogP contribution in [0.2, 0.25) is 0 Å². The molecule has 2 rings (SSSR count). The molecule has 4 heteroatoms. The smallest absolute Gasteiger partial charge is 0.151 e. The lowest BCUT2D eigenvalue weighted by Gasteiger charge is -2.36. The number of aromatic nitrogens is 2. The maximum atomic E-state index is 4.44. The summed E-state index contributed by atoms with van der Waals surface area (Å²) >= 11 is 0. The summed E-state index contributed by atoms with van der Waals surface area (Å²) in [6.45, 7) is 19.0. The molecule has 0 spiro atoms. The summed E-state index contributed by atoms with van der Waals surface area (Å²) in [5, 5.41) is 8.84. The molecule has 0 aliphatic carbocycles. The molecule has 0 unspecified atom stereocenters. The maximum Gasteiger partial charge on any atom is 0.151 e. The van der Waals surface area contributed by atoms with E-state index in [0.717, 1.165) is 37.7 Å². The average molecular weight is 304 g/mol. The molecule has 1 saturated heterocycles. The molecule has 0 aromatic carbocycles. The number of rotatable bonds is 3. The first kappa shape index (κ1) is 17.2. The first-order valence-electron chi connectivity index (χ1n) is 8.47. The van der Waals surface area contributed by atoms with Gasteiger partial charge in [-0.15, -0.1) is 5.10 Å². The van der Waals surface area contributed by atoms with Gasteiger partial charge in [0.2, 0.25) is 0 Å². The third-order valence-corrected chi connectivity index (χ3v) is 4.29. The molecule has 0 amide bonds. The molecule has 4 nitrogen and oxygen atoms in total. The largest absolute Gasteiger partial charge is 0.353 e. The van der Waals surface area contributed by atoms with Crippen LogP contribution in [0.5, 0.6) is 0 Å². The Kier molecular flexibility index (Phi) is 5.10. The Morgan fingerprint density at radius 3 is 2.00 bits per heavy atom. The molecule has 124 valence electrons. The van der Waals surface area contributed by atoms with Gasteiger partial charge in [0.25, 0.3) is 0 Å². The first-order chi connectivity index (χ1) is 10.1. The van der Waals surface area contributed by atoms with E-state index in [1.165, 1.54) is 13.0 Å². The molecule has 1 aromatic rings. The van der Waals surface area contributed by atoms with Crippen LogP contribution in [0.25, 0.3) is 0 Å². The molecule has 0 N–H and O–H groups in total. The van der Waals surface area contributed by atoms with Crippen molar-refractivity contribution in [1.29, 1.82) is 0 Å². The van der Waals surface area contributed by atoms with Gasteiger partial charge >= 0.3 is 0 Å². The molecule has 1 fully saturated rings. The summed E-state index contributed by atoms with van der Waals surface area (Å²) in [6, 6.07) is 4.24. The van der Waals surface area contributed by atoms with Crippen molar-refractivity contribution >= 4 is 5.82 Å². The fourth-order valence-electron chi connectivity index (χ4n) is 2.59. The summed E-state index contributed by atoms with van der Waals surface area (Å²) < 4.78 is 0. The summed E-state index contributed by atoms with van der Waals surface area (Å²) in [6.07, 6.45) is 1.26. The van der Waals surface area contributed by atoms with E-state index in [9.17, 15) is 0 Å². The molecule has 0 saturated carbocycles. The van der Waals surface area contributed by atoms with Crippen molar-refractivity contribution in [2.45, 2.75) is 53.4 Å². The normalized spacial score (nSPS) is 17.8. The van der Waals surface area contributed by atoms with Crippen molar-refractivity contribution in [3.05, 3.63) is 17.8 Å². The second-order valence-electron chi connectivity index (χ2n) is 8.67. The fraction of sp³-hybridized carbons (Fsp3) is 0.778. The van der Waals surface area contributed by atoms with Gasteiger partial charge in [0.15, 0.2) is 5.82 Å². The Hall–Kier alpha value is -1.16. The van der Waals surface area contributed by atoms with Gasteiger partial charge in [0.05, 0.1) is 5.69 Å². The molecule has 0 radical (unpaired) electrons. The van der Waals surface area contributed by atoms with Gasteiger partial charge < -0.3 is 4.90 Å². The quantitative estimate of drug-likeness (QED) is 0.857. The number of hydrogen-bond acceptors (Lipinski definition) is 4. The van der Waals surface area contributed by atoms with Crippen molar-refractivity contribution in [2.24, 2.45) is 5.41 Å². The van der Waals surface area contributed by atoms with E-state index >= 15 is 0 Å². The SMILES string of the molecule is CC(C)(C)CCN1CCN(c2ccc(C(C)(C)C)nn2)CC1. The Labute approximate surface area is 135 Å². The van der Waals surface area contributed by atoms with E-state index in [0.29, 0.717) is 5.41 Å². The van der Waals surface area contributed by atoms with Gasteiger partial charge in [-0.05, 0) is 30.5 Å². The Bertz CT molecular complexity index is 459. The number of nitrogens with zero attached hydrogens (tertiary/aromatic N) is 4. The highest BCUT2D eigenvalue weighted by Crippen LogP contribution is 2.22. The van der Waals surface area contributed by atoms with Crippen LogP contribution in [-0.4, -0.2) is 47.8 Å². The highest BCUT2D eigenvalue weighted by atomic mass is 15.3. The third kappa shape index (κ3) is 4.94. The highest BCUT2D eigenvalue weighted by molar-refractivity contribution is 5.38. The Morgan fingerprint density at radius 1 is 0.909 bits per heavy atom. The molecule has 1 aromatic heterocycles. The van der Waals surface area contributed by atoms with Crippen LogP contribution in [-0.2, 0) is 5.41 Å². The molecular formula is C18H32N4. The summed E-state index contributed by atoms with van der Waals surface area (Å²) in [7, 11) is 0. The third-order valence-electron chi connectivity index (χ3n) is 4.29. The molecule has 0 atom stereocenters. The van der Waals surface area contributed by atoms with Crippen LogP contribution in [0, 0.1) is 5.41 Å². The monoisotopic (exact) mass is 304 g/mol. The lowest BCUT2D eigenvalue weighted by Crippen LogP contribution is -2.47. The molecular weight excluding hydrogens is 272 g/mol. The molecule has 1 aliphatic rings. The van der Waals surface area contributed by atoms with Crippen molar-refractivity contribution in [3.8, 4) is 0 Å². The van der Waals surface area contributed by atoms with Crippen LogP contribution in [0.15, 0.2) is 12.1 Å². The molecule has 1 aliphatic heterocycles. The van der Waals surface area contributed by atoms with Gasteiger partial charge in [0, 0.05) is 31.6 Å². The van der Waals surface area contributed by atoms with Gasteiger partial charge in [0.1, 0.15) is 0 Å². The van der Waals surface area contributed by atoms with Crippen LogP contribution in [0.1, 0.15) is 53.7 Å². The highest BCUT2D eigenvalue weighted by Gasteiger charge is 2.21. The van der Waals surface area contributed by atoms with Gasteiger partial charge in [-0.1, -0.05) is 41.5 Å². The summed E-state index contributed by atoms with van der Waals surface area (Å²) in [5.41, 5.74) is 1.54. The minimum atomic E-state index is 0.0666. The Morgan fingerprint density at radius 2 is 1.55 bits per heavy atom. The van der Waals surface area contributed by atoms with Gasteiger partial charge in [-0.3, -0.25) is 4.90 Å². The van der Waals surface area contributed by atoms with Crippen molar-refractivity contribution in [1.82, 2.24) is 15.1 Å². The minimum absolute atomic E-state index is 0.0666. The fourth-order valence-corrected chi connectivity index (χ4v) is 2.59. The molecule has 0 bridgehead atoms. The van der Waals surface area contributed by atoms with Crippen LogP contribution in [0.3, 0.4) is 0 Å². The van der Waals surface area contributed by atoms with E-state index < -0.39 is 0 Å². The predicted molar refractivity (Wildman–Crippen MR) is 93.5 cm³/mol. The lowest BCUT2D eigenvalue weighted by molar-refractivity contribution is 0.217. The average Bonchev–Trinajstić information content (AvgIpc) is 2.44. The first-order valence-corrected chi connectivity index (χ1v) is 8.47. The maximum absolute atomic E-state index is 4.44. The van der Waals surface area contributed by atoms with E-state index in [-0.39, 0.29) is 5.41 Å². The number of hydrogen-bond donors (Lipinski definition) is 0. The van der Waals surface area contributed by atoms with Crippen molar-refractivity contribution < 1.29 is 0 Å². The van der Waals surface area contributed by atoms with Gasteiger partial charge in [-0.2, -0.15) is 5.10 Å². The van der Waals surface area contributed by atoms with Crippen LogP contribution < -0.4 is 4.90 Å². The second-order valence-corrected chi connectivity index (χ2v) is 8.67. The molecule has 22 heavy (non-hydrogen) atoms. The van der Waals surface area contributed by atoms with E-state index in [1.54, 1.807) is 0 Å². The van der Waals surface area contributed by atoms with E-state index in [2.05, 4.69) is 73.7 Å². The summed E-state index contributed by atoms with van der Waals surface area (Å²) in [5.74, 6) is 1.02. The van der Waals surface area contributed by atoms with Crippen molar-refractivity contribution in [2.75, 3.05) is 37.6 Å². The van der Waals surface area contributed by atoms with Crippen LogP contribution >= 0.6 is 0 Å². The van der Waals surface area contributed by atoms with Crippen molar-refractivity contribution in [3.63, 3.8) is 0 Å². The minimum Gasteiger partial charge on any atom is -0.353 e. The number of anilines is 1. The zero-order chi connectivity index (χ0) is 16.4. The zero-order valence-electron chi connectivity index (χ0n) is 15.2. The van der Waals surface area contributed by atoms with Crippen LogP contribution in [0.4, 0.5) is 5.82 Å². The summed E-state index contributed by atoms with van der Waals surface area (Å²) in [4.78, 5) is 4.92. The molecule has 2 heterocycles. The topological polar surface area (TPSA) is 32.3 Å². The predicted octanol–water partition coefficient (Wildman–Crippen LogP) is 3.33. The lowest BCUT2D eigenvalue weighted by atomic mass is 9.92. The zero-order valence-corrected chi connectivity index (χ0v) is 15.2. The van der Waals surface area contributed by atoms with E-state index in [1.807, 2.05) is 0 Å². The standard InChI is InChI=1S/C18H32N4/c1-17(2,3)9-10-21-11-13-22(14-12-21)16-8-7-15(19-20-16)18(4,5)6/h7-8H,9-14H2,1-6H3. The van der Waals surface area contributed by atoms with E-state index in [4.69, 9.17) is 0 Å². The Balaban J connectivity index is 1.86. The second kappa shape index (κ2) is 6.53. The number of piperazine rings is 1.